The quantitative estimate of drug-likeness (QED) is 0.581. The Morgan fingerprint density at radius 2 is 1.71 bits per heavy atom. The number of carbonyl (C=O) groups is 1. The molecule has 0 unspecified atom stereocenters. The third-order valence-corrected chi connectivity index (χ3v) is 4.53. The second kappa shape index (κ2) is 9.18. The maximum Gasteiger partial charge on any atom is 0.254 e. The molecule has 3 rings (SSSR count). The lowest BCUT2D eigenvalue weighted by Crippen LogP contribution is -2.33. The molecule has 0 spiro atoms. The van der Waals surface area contributed by atoms with E-state index < -0.39 is 0 Å². The molecular formula is C24H26N2O2. The largest absolute Gasteiger partial charge is 0.497 e. The highest BCUT2D eigenvalue weighted by Gasteiger charge is 2.17. The van der Waals surface area contributed by atoms with Gasteiger partial charge in [0.25, 0.3) is 5.91 Å². The molecule has 0 radical (unpaired) electrons. The van der Waals surface area contributed by atoms with Gasteiger partial charge in [0.05, 0.1) is 7.11 Å². The molecule has 3 aromatic rings. The molecule has 4 heteroatoms. The number of rotatable bonds is 7. The summed E-state index contributed by atoms with van der Waals surface area (Å²) in [4.78, 5) is 19.1. The summed E-state index contributed by atoms with van der Waals surface area (Å²) in [5.41, 5.74) is 3.90. The van der Waals surface area contributed by atoms with Crippen LogP contribution in [0.15, 0.2) is 73.1 Å². The summed E-state index contributed by atoms with van der Waals surface area (Å²) >= 11 is 0. The molecule has 0 aliphatic carbocycles. The number of ether oxygens (including phenoxy) is 1. The number of amides is 1. The zero-order valence-corrected chi connectivity index (χ0v) is 16.6. The van der Waals surface area contributed by atoms with Crippen molar-refractivity contribution in [3.8, 4) is 16.9 Å². The van der Waals surface area contributed by atoms with Crippen molar-refractivity contribution in [2.45, 2.75) is 20.4 Å². The molecule has 1 heterocycles. The van der Waals surface area contributed by atoms with E-state index in [-0.39, 0.29) is 5.91 Å². The highest BCUT2D eigenvalue weighted by Crippen LogP contribution is 2.24. The Labute approximate surface area is 166 Å². The van der Waals surface area contributed by atoms with Gasteiger partial charge in [-0.3, -0.25) is 9.78 Å². The summed E-state index contributed by atoms with van der Waals surface area (Å²) in [6.45, 7) is 5.54. The molecule has 4 nitrogen and oxygen atoms in total. The van der Waals surface area contributed by atoms with Crippen LogP contribution in [0.5, 0.6) is 5.75 Å². The molecular weight excluding hydrogens is 348 g/mol. The summed E-state index contributed by atoms with van der Waals surface area (Å²) in [5.74, 6) is 1.25. The SMILES string of the molecule is COc1cccc(-c2ccc(C(=O)N(Cc3ccncc3)CC(C)C)cc2)c1. The number of aromatic nitrogens is 1. The van der Waals surface area contributed by atoms with Gasteiger partial charge >= 0.3 is 0 Å². The van der Waals surface area contributed by atoms with Crippen molar-refractivity contribution < 1.29 is 9.53 Å². The number of methoxy groups -OCH3 is 1. The van der Waals surface area contributed by atoms with Crippen LogP contribution in [0, 0.1) is 5.92 Å². The Bertz CT molecular complexity index is 905. The van der Waals surface area contributed by atoms with Crippen molar-refractivity contribution in [3.63, 3.8) is 0 Å². The monoisotopic (exact) mass is 374 g/mol. The topological polar surface area (TPSA) is 42.4 Å². The summed E-state index contributed by atoms with van der Waals surface area (Å²) in [6.07, 6.45) is 3.52. The minimum Gasteiger partial charge on any atom is -0.497 e. The molecule has 0 saturated heterocycles. The number of benzene rings is 2. The van der Waals surface area contributed by atoms with Crippen molar-refractivity contribution in [1.82, 2.24) is 9.88 Å². The summed E-state index contributed by atoms with van der Waals surface area (Å²) in [5, 5.41) is 0. The number of hydrogen-bond acceptors (Lipinski definition) is 3. The number of carbonyl (C=O) groups excluding carboxylic acids is 1. The van der Waals surface area contributed by atoms with Gasteiger partial charge in [0.15, 0.2) is 0 Å². The van der Waals surface area contributed by atoms with Crippen LogP contribution in [0.1, 0.15) is 29.8 Å². The second-order valence-corrected chi connectivity index (χ2v) is 7.24. The lowest BCUT2D eigenvalue weighted by Gasteiger charge is -2.25. The summed E-state index contributed by atoms with van der Waals surface area (Å²) in [6, 6.07) is 19.6. The first-order valence-corrected chi connectivity index (χ1v) is 9.49. The fraction of sp³-hybridized carbons (Fsp3) is 0.250. The normalized spacial score (nSPS) is 10.7. The van der Waals surface area contributed by atoms with Crippen LogP contribution >= 0.6 is 0 Å². The fourth-order valence-corrected chi connectivity index (χ4v) is 3.16. The molecule has 0 saturated carbocycles. The van der Waals surface area contributed by atoms with Crippen molar-refractivity contribution in [2.75, 3.05) is 13.7 Å². The van der Waals surface area contributed by atoms with Crippen LogP contribution in [0.4, 0.5) is 0 Å². The molecule has 1 amide bonds. The molecule has 1 aromatic heterocycles. The predicted molar refractivity (Wildman–Crippen MR) is 112 cm³/mol. The van der Waals surface area contributed by atoms with Gasteiger partial charge in [-0.25, -0.2) is 0 Å². The molecule has 28 heavy (non-hydrogen) atoms. The van der Waals surface area contributed by atoms with Crippen LogP contribution in [0.25, 0.3) is 11.1 Å². The van der Waals surface area contributed by atoms with Gasteiger partial charge < -0.3 is 9.64 Å². The molecule has 144 valence electrons. The molecule has 2 aromatic carbocycles. The van der Waals surface area contributed by atoms with Gasteiger partial charge in [-0.1, -0.05) is 38.1 Å². The van der Waals surface area contributed by atoms with Crippen molar-refractivity contribution in [3.05, 3.63) is 84.2 Å². The maximum atomic E-state index is 13.1. The molecule has 0 fully saturated rings. The van der Waals surface area contributed by atoms with Crippen molar-refractivity contribution in [1.29, 1.82) is 0 Å². The van der Waals surface area contributed by atoms with Gasteiger partial charge in [0, 0.05) is 31.0 Å². The third kappa shape index (κ3) is 4.97. The minimum absolute atomic E-state index is 0.0442. The van der Waals surface area contributed by atoms with E-state index in [1.165, 1.54) is 0 Å². The van der Waals surface area contributed by atoms with E-state index in [4.69, 9.17) is 4.74 Å². The fourth-order valence-electron chi connectivity index (χ4n) is 3.16. The van der Waals surface area contributed by atoms with Gasteiger partial charge in [-0.15, -0.1) is 0 Å². The first kappa shape index (κ1) is 19.6. The van der Waals surface area contributed by atoms with E-state index in [0.29, 0.717) is 24.6 Å². The van der Waals surface area contributed by atoms with E-state index >= 15 is 0 Å². The molecule has 0 atom stereocenters. The van der Waals surface area contributed by atoms with E-state index in [0.717, 1.165) is 22.4 Å². The van der Waals surface area contributed by atoms with E-state index in [2.05, 4.69) is 18.8 Å². The average Bonchev–Trinajstić information content (AvgIpc) is 2.73. The smallest absolute Gasteiger partial charge is 0.254 e. The summed E-state index contributed by atoms with van der Waals surface area (Å²) < 4.78 is 5.30. The van der Waals surface area contributed by atoms with Gasteiger partial charge in [0.1, 0.15) is 5.75 Å². The van der Waals surface area contributed by atoms with Crippen LogP contribution in [-0.4, -0.2) is 29.4 Å². The average molecular weight is 374 g/mol. The zero-order valence-electron chi connectivity index (χ0n) is 16.6. The second-order valence-electron chi connectivity index (χ2n) is 7.24. The highest BCUT2D eigenvalue weighted by molar-refractivity contribution is 5.94. The van der Waals surface area contributed by atoms with Crippen LogP contribution < -0.4 is 4.74 Å². The van der Waals surface area contributed by atoms with Crippen LogP contribution in [-0.2, 0) is 6.54 Å². The van der Waals surface area contributed by atoms with Gasteiger partial charge in [-0.05, 0) is 59.0 Å². The zero-order chi connectivity index (χ0) is 19.9. The summed E-state index contributed by atoms with van der Waals surface area (Å²) in [7, 11) is 1.66. The Balaban J connectivity index is 1.80. The Kier molecular flexibility index (Phi) is 6.43. The maximum absolute atomic E-state index is 13.1. The highest BCUT2D eigenvalue weighted by atomic mass is 16.5. The van der Waals surface area contributed by atoms with Crippen molar-refractivity contribution in [2.24, 2.45) is 5.92 Å². The molecule has 0 bridgehead atoms. The van der Waals surface area contributed by atoms with E-state index in [1.807, 2.05) is 65.6 Å². The third-order valence-electron chi connectivity index (χ3n) is 4.53. The molecule has 0 N–H and O–H groups in total. The van der Waals surface area contributed by atoms with E-state index in [9.17, 15) is 4.79 Å². The minimum atomic E-state index is 0.0442. The number of pyridine rings is 1. The Hall–Kier alpha value is -3.14. The predicted octanol–water partition coefficient (Wildman–Crippen LogP) is 5.06. The first-order valence-electron chi connectivity index (χ1n) is 9.49. The van der Waals surface area contributed by atoms with Crippen molar-refractivity contribution >= 4 is 5.91 Å². The lowest BCUT2D eigenvalue weighted by atomic mass is 10.0. The first-order chi connectivity index (χ1) is 13.6. The molecule has 0 aliphatic rings. The van der Waals surface area contributed by atoms with Crippen LogP contribution in [0.3, 0.4) is 0 Å². The Morgan fingerprint density at radius 1 is 1.00 bits per heavy atom. The van der Waals surface area contributed by atoms with Gasteiger partial charge in [-0.2, -0.15) is 0 Å². The lowest BCUT2D eigenvalue weighted by molar-refractivity contribution is 0.0722. The molecule has 0 aliphatic heterocycles. The Morgan fingerprint density at radius 3 is 2.36 bits per heavy atom. The number of nitrogens with zero attached hydrogens (tertiary/aromatic N) is 2. The number of hydrogen-bond donors (Lipinski definition) is 0. The standard InChI is InChI=1S/C24H26N2O2/c1-18(2)16-26(17-19-11-13-25-14-12-19)24(27)21-9-7-20(8-10-21)22-5-4-6-23(15-22)28-3/h4-15,18H,16-17H2,1-3H3. The van der Waals surface area contributed by atoms with Crippen LogP contribution in [0.2, 0.25) is 0 Å². The van der Waals surface area contributed by atoms with Gasteiger partial charge in [0.2, 0.25) is 0 Å². The van der Waals surface area contributed by atoms with E-state index in [1.54, 1.807) is 19.5 Å².